The Labute approximate surface area is 117 Å². The molecule has 0 radical (unpaired) electrons. The minimum Gasteiger partial charge on any atom is -0.494 e. The molecule has 1 aliphatic rings. The van der Waals surface area contributed by atoms with E-state index in [1.165, 1.54) is 0 Å². The Morgan fingerprint density at radius 1 is 1.22 bits per heavy atom. The van der Waals surface area contributed by atoms with Gasteiger partial charge in [0.1, 0.15) is 5.75 Å². The van der Waals surface area contributed by atoms with Crippen LogP contribution in [0.1, 0.15) is 19.3 Å². The van der Waals surface area contributed by atoms with E-state index in [1.807, 2.05) is 24.3 Å². The number of ether oxygens (including phenoxy) is 1. The van der Waals surface area contributed by atoms with Crippen molar-refractivity contribution in [1.82, 2.24) is 5.32 Å². The molecule has 1 saturated heterocycles. The van der Waals surface area contributed by atoms with Gasteiger partial charge in [-0.2, -0.15) is 0 Å². The predicted octanol–water partition coefficient (Wildman–Crippen LogP) is 2.58. The molecule has 4 heteroatoms. The Hall–Kier alpha value is -0.580. The second-order valence-corrected chi connectivity index (χ2v) is 5.88. The number of aliphatic hydroxyl groups is 1. The smallest absolute Gasteiger partial charge is 0.119 e. The van der Waals surface area contributed by atoms with Crippen LogP contribution in [0.4, 0.5) is 0 Å². The summed E-state index contributed by atoms with van der Waals surface area (Å²) < 4.78 is 6.79. The summed E-state index contributed by atoms with van der Waals surface area (Å²) in [7, 11) is 0. The highest BCUT2D eigenvalue weighted by Gasteiger charge is 2.30. The average molecular weight is 314 g/mol. The van der Waals surface area contributed by atoms with Crippen LogP contribution < -0.4 is 10.1 Å². The van der Waals surface area contributed by atoms with Crippen LogP contribution in [0, 0.1) is 5.41 Å². The fourth-order valence-corrected chi connectivity index (χ4v) is 2.62. The third-order valence-electron chi connectivity index (χ3n) is 3.71. The molecule has 2 N–H and O–H groups in total. The van der Waals surface area contributed by atoms with Crippen molar-refractivity contribution in [2.45, 2.75) is 19.3 Å². The Bertz CT molecular complexity index is 361. The van der Waals surface area contributed by atoms with Crippen molar-refractivity contribution in [3.63, 3.8) is 0 Å². The van der Waals surface area contributed by atoms with E-state index in [4.69, 9.17) is 4.74 Å². The highest BCUT2D eigenvalue weighted by Crippen LogP contribution is 2.32. The first-order chi connectivity index (χ1) is 8.74. The number of rotatable bonds is 5. The van der Waals surface area contributed by atoms with E-state index in [-0.39, 0.29) is 12.0 Å². The molecule has 0 saturated carbocycles. The molecular formula is C14H20BrNO2. The summed E-state index contributed by atoms with van der Waals surface area (Å²) in [5.74, 6) is 0.889. The van der Waals surface area contributed by atoms with E-state index in [0.29, 0.717) is 6.61 Å². The molecule has 0 atom stereocenters. The topological polar surface area (TPSA) is 41.5 Å². The Morgan fingerprint density at radius 2 is 1.89 bits per heavy atom. The first-order valence-electron chi connectivity index (χ1n) is 6.44. The van der Waals surface area contributed by atoms with Crippen LogP contribution in [0.5, 0.6) is 5.75 Å². The number of hydrogen-bond donors (Lipinski definition) is 2. The molecule has 0 bridgehead atoms. The van der Waals surface area contributed by atoms with E-state index in [2.05, 4.69) is 21.2 Å². The van der Waals surface area contributed by atoms with Gasteiger partial charge in [-0.3, -0.25) is 0 Å². The van der Waals surface area contributed by atoms with Gasteiger partial charge in [-0.25, -0.2) is 0 Å². The molecule has 1 aliphatic heterocycles. The van der Waals surface area contributed by atoms with Crippen LogP contribution in [0.2, 0.25) is 0 Å². The molecule has 3 nitrogen and oxygen atoms in total. The molecule has 1 fully saturated rings. The van der Waals surface area contributed by atoms with Gasteiger partial charge in [0.05, 0.1) is 6.61 Å². The summed E-state index contributed by atoms with van der Waals surface area (Å²) in [5.41, 5.74) is 0.0562. The Morgan fingerprint density at radius 3 is 2.50 bits per heavy atom. The fraction of sp³-hybridized carbons (Fsp3) is 0.571. The van der Waals surface area contributed by atoms with E-state index in [0.717, 1.165) is 42.6 Å². The van der Waals surface area contributed by atoms with Crippen LogP contribution in [0.15, 0.2) is 28.7 Å². The second-order valence-electron chi connectivity index (χ2n) is 4.96. The number of halogens is 1. The van der Waals surface area contributed by atoms with E-state index >= 15 is 0 Å². The maximum absolute atomic E-state index is 9.59. The third-order valence-corrected chi connectivity index (χ3v) is 4.24. The molecule has 100 valence electrons. The zero-order valence-electron chi connectivity index (χ0n) is 10.5. The highest BCUT2D eigenvalue weighted by molar-refractivity contribution is 9.10. The molecule has 1 aromatic rings. The fourth-order valence-electron chi connectivity index (χ4n) is 2.36. The van der Waals surface area contributed by atoms with Gasteiger partial charge in [-0.15, -0.1) is 0 Å². The molecule has 0 spiro atoms. The van der Waals surface area contributed by atoms with Gasteiger partial charge >= 0.3 is 0 Å². The minimum atomic E-state index is 0.0562. The third kappa shape index (κ3) is 3.70. The molecule has 0 unspecified atom stereocenters. The van der Waals surface area contributed by atoms with Gasteiger partial charge in [0.15, 0.2) is 0 Å². The Kier molecular flexibility index (Phi) is 5.03. The lowest BCUT2D eigenvalue weighted by Crippen LogP contribution is -2.40. The van der Waals surface area contributed by atoms with Gasteiger partial charge in [-0.1, -0.05) is 15.9 Å². The van der Waals surface area contributed by atoms with Crippen molar-refractivity contribution >= 4 is 15.9 Å². The molecule has 0 aliphatic carbocycles. The predicted molar refractivity (Wildman–Crippen MR) is 75.9 cm³/mol. The monoisotopic (exact) mass is 313 g/mol. The normalized spacial score (nSPS) is 18.6. The van der Waals surface area contributed by atoms with Crippen molar-refractivity contribution in [2.24, 2.45) is 5.41 Å². The second kappa shape index (κ2) is 6.55. The summed E-state index contributed by atoms with van der Waals surface area (Å²) >= 11 is 3.40. The summed E-state index contributed by atoms with van der Waals surface area (Å²) in [6, 6.07) is 7.86. The van der Waals surface area contributed by atoms with Crippen molar-refractivity contribution in [2.75, 3.05) is 26.3 Å². The summed E-state index contributed by atoms with van der Waals surface area (Å²) in [4.78, 5) is 0. The molecule has 1 aromatic carbocycles. The minimum absolute atomic E-state index is 0.0562. The van der Waals surface area contributed by atoms with E-state index in [1.54, 1.807) is 0 Å². The van der Waals surface area contributed by atoms with Crippen molar-refractivity contribution in [3.05, 3.63) is 28.7 Å². The van der Waals surface area contributed by atoms with Crippen LogP contribution in [0.3, 0.4) is 0 Å². The number of aliphatic hydroxyl groups excluding tert-OH is 1. The largest absolute Gasteiger partial charge is 0.494 e. The molecular weight excluding hydrogens is 294 g/mol. The number of benzene rings is 1. The van der Waals surface area contributed by atoms with E-state index in [9.17, 15) is 5.11 Å². The average Bonchev–Trinajstić information content (AvgIpc) is 2.42. The summed E-state index contributed by atoms with van der Waals surface area (Å²) in [6.45, 7) is 2.93. The zero-order valence-corrected chi connectivity index (χ0v) is 12.1. The van der Waals surface area contributed by atoms with Crippen molar-refractivity contribution in [3.8, 4) is 5.75 Å². The Balaban J connectivity index is 1.81. The lowest BCUT2D eigenvalue weighted by molar-refractivity contribution is 0.0648. The quantitative estimate of drug-likeness (QED) is 0.878. The van der Waals surface area contributed by atoms with Gasteiger partial charge in [0, 0.05) is 11.1 Å². The number of hydrogen-bond acceptors (Lipinski definition) is 3. The van der Waals surface area contributed by atoms with Gasteiger partial charge < -0.3 is 15.2 Å². The zero-order chi connectivity index (χ0) is 12.8. The molecule has 1 heterocycles. The van der Waals surface area contributed by atoms with Crippen LogP contribution in [-0.4, -0.2) is 31.4 Å². The molecule has 18 heavy (non-hydrogen) atoms. The molecule has 0 amide bonds. The molecule has 2 rings (SSSR count). The van der Waals surface area contributed by atoms with Crippen molar-refractivity contribution < 1.29 is 9.84 Å². The number of piperidine rings is 1. The van der Waals surface area contributed by atoms with Gasteiger partial charge in [0.25, 0.3) is 0 Å². The highest BCUT2D eigenvalue weighted by atomic mass is 79.9. The lowest BCUT2D eigenvalue weighted by Gasteiger charge is -2.35. The maximum Gasteiger partial charge on any atom is 0.119 e. The summed E-state index contributed by atoms with van der Waals surface area (Å²) in [6.07, 6.45) is 2.99. The number of nitrogens with one attached hydrogen (secondary N) is 1. The SMILES string of the molecule is OCC1(CCOc2ccc(Br)cc2)CCNCC1. The first-order valence-corrected chi connectivity index (χ1v) is 7.23. The van der Waals surface area contributed by atoms with Crippen molar-refractivity contribution in [1.29, 1.82) is 0 Å². The van der Waals surface area contributed by atoms with Gasteiger partial charge in [0.2, 0.25) is 0 Å². The van der Waals surface area contributed by atoms with Crippen LogP contribution in [0.25, 0.3) is 0 Å². The lowest BCUT2D eigenvalue weighted by atomic mass is 9.77. The van der Waals surface area contributed by atoms with E-state index < -0.39 is 0 Å². The summed E-state index contributed by atoms with van der Waals surface area (Å²) in [5, 5.41) is 12.9. The maximum atomic E-state index is 9.59. The standard InChI is InChI=1S/C14H20BrNO2/c15-12-1-3-13(4-2-12)18-10-7-14(11-17)5-8-16-9-6-14/h1-4,16-17H,5-11H2. The van der Waals surface area contributed by atoms with Gasteiger partial charge in [-0.05, 0) is 62.0 Å². The van der Waals surface area contributed by atoms with Crippen LogP contribution >= 0.6 is 15.9 Å². The van der Waals surface area contributed by atoms with Crippen LogP contribution in [-0.2, 0) is 0 Å². The first kappa shape index (κ1) is 13.8. The molecule has 0 aromatic heterocycles.